The smallest absolute Gasteiger partial charge is 0.150 e. The Morgan fingerprint density at radius 3 is 2.53 bits per heavy atom. The third kappa shape index (κ3) is 4.05. The van der Waals surface area contributed by atoms with E-state index in [4.69, 9.17) is 11.6 Å². The summed E-state index contributed by atoms with van der Waals surface area (Å²) in [6, 6.07) is 10.1. The zero-order chi connectivity index (χ0) is 11.1. The minimum absolute atomic E-state index is 0.0925. The molecule has 82 valence electrons. The Morgan fingerprint density at radius 1 is 1.33 bits per heavy atom. The van der Waals surface area contributed by atoms with Gasteiger partial charge in [0.05, 0.1) is 5.88 Å². The summed E-state index contributed by atoms with van der Waals surface area (Å²) >= 11 is 5.60. The van der Waals surface area contributed by atoms with Crippen LogP contribution in [0.3, 0.4) is 0 Å². The van der Waals surface area contributed by atoms with Crippen LogP contribution in [0, 0.1) is 5.92 Å². The molecular weight excluding hydrogens is 208 g/mol. The van der Waals surface area contributed by atoms with Crippen molar-refractivity contribution in [2.75, 3.05) is 5.88 Å². The molecule has 1 aromatic carbocycles. The maximum Gasteiger partial charge on any atom is 0.150 e. The van der Waals surface area contributed by atoms with Crippen LogP contribution in [0.4, 0.5) is 0 Å². The number of hydrogen-bond donors (Lipinski definition) is 0. The molecule has 1 nitrogen and oxygen atoms in total. The zero-order valence-electron chi connectivity index (χ0n) is 9.08. The van der Waals surface area contributed by atoms with Gasteiger partial charge in [0.1, 0.15) is 0 Å². The summed E-state index contributed by atoms with van der Waals surface area (Å²) in [6.45, 7) is 2.10. The molecule has 2 heteroatoms. The quantitative estimate of drug-likeness (QED) is 0.677. The Morgan fingerprint density at radius 2 is 2.00 bits per heavy atom. The van der Waals surface area contributed by atoms with Crippen molar-refractivity contribution in [3.63, 3.8) is 0 Å². The Hall–Kier alpha value is -0.820. The lowest BCUT2D eigenvalue weighted by Gasteiger charge is -2.13. The molecule has 0 fully saturated rings. The van der Waals surface area contributed by atoms with Crippen molar-refractivity contribution in [3.05, 3.63) is 35.9 Å². The topological polar surface area (TPSA) is 17.1 Å². The first-order valence-corrected chi connectivity index (χ1v) is 5.94. The van der Waals surface area contributed by atoms with Crippen molar-refractivity contribution >= 4 is 17.4 Å². The van der Waals surface area contributed by atoms with Crippen molar-refractivity contribution in [2.45, 2.75) is 26.2 Å². The van der Waals surface area contributed by atoms with Crippen LogP contribution in [0.5, 0.6) is 0 Å². The van der Waals surface area contributed by atoms with Crippen molar-refractivity contribution in [2.24, 2.45) is 5.92 Å². The predicted molar refractivity (Wildman–Crippen MR) is 64.3 cm³/mol. The van der Waals surface area contributed by atoms with Gasteiger partial charge in [-0.25, -0.2) is 0 Å². The molecule has 0 bridgehead atoms. The number of hydrogen-bond acceptors (Lipinski definition) is 1. The van der Waals surface area contributed by atoms with Gasteiger partial charge in [-0.1, -0.05) is 43.7 Å². The van der Waals surface area contributed by atoms with Crippen LogP contribution in [-0.2, 0) is 11.2 Å². The lowest BCUT2D eigenvalue weighted by Crippen LogP contribution is -2.18. The number of benzene rings is 1. The fourth-order valence-electron chi connectivity index (χ4n) is 1.73. The molecule has 15 heavy (non-hydrogen) atoms. The molecule has 0 aromatic heterocycles. The SMILES string of the molecule is CCCC(Cc1ccccc1)C(=O)CCl. The lowest BCUT2D eigenvalue weighted by atomic mass is 9.92. The summed E-state index contributed by atoms with van der Waals surface area (Å²) < 4.78 is 0. The Labute approximate surface area is 96.5 Å². The van der Waals surface area contributed by atoms with Crippen molar-refractivity contribution in [3.8, 4) is 0 Å². The molecule has 1 rings (SSSR count). The average molecular weight is 225 g/mol. The maximum absolute atomic E-state index is 11.6. The van der Waals surface area contributed by atoms with Crippen molar-refractivity contribution in [1.82, 2.24) is 0 Å². The third-order valence-electron chi connectivity index (χ3n) is 2.55. The zero-order valence-corrected chi connectivity index (χ0v) is 9.83. The van der Waals surface area contributed by atoms with E-state index in [9.17, 15) is 4.79 Å². The number of ketones is 1. The van der Waals surface area contributed by atoms with Crippen molar-refractivity contribution in [1.29, 1.82) is 0 Å². The fraction of sp³-hybridized carbons (Fsp3) is 0.462. The summed E-state index contributed by atoms with van der Waals surface area (Å²) in [4.78, 5) is 11.6. The predicted octanol–water partition coefficient (Wildman–Crippen LogP) is 3.45. The van der Waals surface area contributed by atoms with Crippen LogP contribution in [0.25, 0.3) is 0 Å². The van der Waals surface area contributed by atoms with E-state index in [1.807, 2.05) is 18.2 Å². The van der Waals surface area contributed by atoms with E-state index in [1.165, 1.54) is 5.56 Å². The summed E-state index contributed by atoms with van der Waals surface area (Å²) in [5.41, 5.74) is 1.22. The standard InChI is InChI=1S/C13H17ClO/c1-2-6-12(13(15)10-14)9-11-7-4-3-5-8-11/h3-5,7-8,12H,2,6,9-10H2,1H3. The van der Waals surface area contributed by atoms with Gasteiger partial charge in [-0.15, -0.1) is 11.6 Å². The van der Waals surface area contributed by atoms with Crippen LogP contribution in [-0.4, -0.2) is 11.7 Å². The highest BCUT2D eigenvalue weighted by molar-refractivity contribution is 6.27. The van der Waals surface area contributed by atoms with Gasteiger partial charge in [-0.2, -0.15) is 0 Å². The Bertz CT molecular complexity index is 295. The van der Waals surface area contributed by atoms with Gasteiger partial charge in [0.15, 0.2) is 5.78 Å². The van der Waals surface area contributed by atoms with Gasteiger partial charge in [-0.3, -0.25) is 4.79 Å². The van der Waals surface area contributed by atoms with E-state index in [0.29, 0.717) is 0 Å². The van der Waals surface area contributed by atoms with Crippen molar-refractivity contribution < 1.29 is 4.79 Å². The molecule has 0 spiro atoms. The fourth-order valence-corrected chi connectivity index (χ4v) is 1.95. The molecular formula is C13H17ClO. The summed E-state index contributed by atoms with van der Waals surface area (Å²) in [7, 11) is 0. The number of carbonyl (C=O) groups excluding carboxylic acids is 1. The van der Waals surface area contributed by atoms with E-state index in [1.54, 1.807) is 0 Å². The number of carbonyl (C=O) groups is 1. The maximum atomic E-state index is 11.6. The minimum atomic E-state index is 0.0925. The van der Waals surface area contributed by atoms with Gasteiger partial charge in [0.2, 0.25) is 0 Å². The first kappa shape index (κ1) is 12.3. The monoisotopic (exact) mass is 224 g/mol. The number of Topliss-reactive ketones (excluding diaryl/α,β-unsaturated/α-hetero) is 1. The molecule has 1 atom stereocenters. The van der Waals surface area contributed by atoms with Crippen LogP contribution in [0.15, 0.2) is 30.3 Å². The number of halogens is 1. The molecule has 0 aliphatic heterocycles. The van der Waals surface area contributed by atoms with Gasteiger partial charge in [0.25, 0.3) is 0 Å². The van der Waals surface area contributed by atoms with Crippen LogP contribution in [0.2, 0.25) is 0 Å². The van der Waals surface area contributed by atoms with Gasteiger partial charge < -0.3 is 0 Å². The highest BCUT2D eigenvalue weighted by Gasteiger charge is 2.16. The highest BCUT2D eigenvalue weighted by Crippen LogP contribution is 2.15. The Balaban J connectivity index is 2.62. The Kier molecular flexibility index (Phi) is 5.41. The van der Waals surface area contributed by atoms with Crippen LogP contribution < -0.4 is 0 Å². The van der Waals surface area contributed by atoms with E-state index in [-0.39, 0.29) is 17.6 Å². The van der Waals surface area contributed by atoms with Crippen LogP contribution >= 0.6 is 11.6 Å². The van der Waals surface area contributed by atoms with Gasteiger partial charge in [-0.05, 0) is 18.4 Å². The second-order valence-electron chi connectivity index (χ2n) is 3.78. The summed E-state index contributed by atoms with van der Waals surface area (Å²) in [6.07, 6.45) is 2.78. The minimum Gasteiger partial charge on any atom is -0.298 e. The highest BCUT2D eigenvalue weighted by atomic mass is 35.5. The molecule has 0 saturated heterocycles. The van der Waals surface area contributed by atoms with E-state index in [2.05, 4.69) is 19.1 Å². The van der Waals surface area contributed by atoms with E-state index in [0.717, 1.165) is 19.3 Å². The normalized spacial score (nSPS) is 12.4. The lowest BCUT2D eigenvalue weighted by molar-refractivity contribution is -0.120. The van der Waals surface area contributed by atoms with E-state index >= 15 is 0 Å². The molecule has 0 amide bonds. The first-order valence-electron chi connectivity index (χ1n) is 5.40. The number of alkyl halides is 1. The molecule has 0 N–H and O–H groups in total. The second-order valence-corrected chi connectivity index (χ2v) is 4.04. The van der Waals surface area contributed by atoms with Gasteiger partial charge in [0, 0.05) is 5.92 Å². The second kappa shape index (κ2) is 6.62. The molecule has 0 heterocycles. The third-order valence-corrected chi connectivity index (χ3v) is 2.81. The van der Waals surface area contributed by atoms with E-state index < -0.39 is 0 Å². The summed E-state index contributed by atoms with van der Waals surface area (Å²) in [5, 5.41) is 0. The summed E-state index contributed by atoms with van der Waals surface area (Å²) in [5.74, 6) is 0.398. The molecule has 1 aromatic rings. The first-order chi connectivity index (χ1) is 7.27. The molecule has 0 aliphatic carbocycles. The van der Waals surface area contributed by atoms with Crippen LogP contribution in [0.1, 0.15) is 25.3 Å². The number of rotatable bonds is 6. The molecule has 0 aliphatic rings. The van der Waals surface area contributed by atoms with Gasteiger partial charge >= 0.3 is 0 Å². The molecule has 1 unspecified atom stereocenters. The largest absolute Gasteiger partial charge is 0.298 e. The molecule has 0 radical (unpaired) electrons. The average Bonchev–Trinajstić information content (AvgIpc) is 2.29. The molecule has 0 saturated carbocycles.